The summed E-state index contributed by atoms with van der Waals surface area (Å²) in [5.41, 5.74) is 3.90. The van der Waals surface area contributed by atoms with Gasteiger partial charge < -0.3 is 14.8 Å². The van der Waals surface area contributed by atoms with Crippen molar-refractivity contribution in [2.75, 3.05) is 19.5 Å². The van der Waals surface area contributed by atoms with Crippen LogP contribution in [0.4, 0.5) is 5.69 Å². The van der Waals surface area contributed by atoms with Gasteiger partial charge in [-0.2, -0.15) is 0 Å². The van der Waals surface area contributed by atoms with E-state index in [1.165, 1.54) is 11.6 Å². The number of hydrogen-bond donors (Lipinski definition) is 1. The van der Waals surface area contributed by atoms with Crippen LogP contribution in [0.5, 0.6) is 11.5 Å². The normalized spacial score (nSPS) is 10.6. The average molecular weight is 373 g/mol. The highest BCUT2D eigenvalue weighted by atomic mass is 16.5. The molecule has 0 radical (unpaired) electrons. The molecule has 4 nitrogen and oxygen atoms in total. The molecule has 0 bridgehead atoms. The summed E-state index contributed by atoms with van der Waals surface area (Å²) in [5.74, 6) is 1.16. The summed E-state index contributed by atoms with van der Waals surface area (Å²) >= 11 is 0. The van der Waals surface area contributed by atoms with Crippen molar-refractivity contribution in [1.82, 2.24) is 0 Å². The zero-order valence-corrected chi connectivity index (χ0v) is 16.0. The molecule has 1 amide bonds. The number of carbonyl (C=O) groups is 1. The molecule has 0 atom stereocenters. The molecule has 3 aromatic carbocycles. The minimum absolute atomic E-state index is 0.192. The second-order valence-electron chi connectivity index (χ2n) is 6.29. The predicted molar refractivity (Wildman–Crippen MR) is 113 cm³/mol. The lowest BCUT2D eigenvalue weighted by Gasteiger charge is -2.10. The monoisotopic (exact) mass is 373 g/mol. The lowest BCUT2D eigenvalue weighted by molar-refractivity contribution is -0.111. The molecule has 0 aliphatic heterocycles. The molecule has 0 saturated carbocycles. The first-order valence-electron chi connectivity index (χ1n) is 9.02. The molecule has 0 fully saturated rings. The molecule has 1 N–H and O–H groups in total. The van der Waals surface area contributed by atoms with Crippen molar-refractivity contribution >= 4 is 17.7 Å². The maximum Gasteiger partial charge on any atom is 0.248 e. The fraction of sp³-hybridized carbons (Fsp3) is 0.125. The van der Waals surface area contributed by atoms with E-state index >= 15 is 0 Å². The number of anilines is 1. The number of carbonyl (C=O) groups excluding carboxylic acids is 1. The maximum absolute atomic E-state index is 12.4. The first-order valence-corrected chi connectivity index (χ1v) is 9.02. The van der Waals surface area contributed by atoms with Crippen molar-refractivity contribution in [3.8, 4) is 11.5 Å². The second kappa shape index (κ2) is 9.42. The van der Waals surface area contributed by atoms with Gasteiger partial charge in [0.05, 0.1) is 14.2 Å². The Balaban J connectivity index is 1.73. The van der Waals surface area contributed by atoms with E-state index < -0.39 is 0 Å². The molecule has 0 saturated heterocycles. The van der Waals surface area contributed by atoms with Gasteiger partial charge in [-0.3, -0.25) is 4.79 Å². The minimum Gasteiger partial charge on any atom is -0.497 e. The third kappa shape index (κ3) is 5.24. The van der Waals surface area contributed by atoms with Crippen LogP contribution in [0.25, 0.3) is 6.08 Å². The average Bonchev–Trinajstić information content (AvgIpc) is 2.74. The van der Waals surface area contributed by atoms with Gasteiger partial charge in [-0.25, -0.2) is 0 Å². The van der Waals surface area contributed by atoms with Crippen LogP contribution in [-0.4, -0.2) is 20.1 Å². The van der Waals surface area contributed by atoms with Crippen LogP contribution < -0.4 is 14.8 Å². The third-order valence-electron chi connectivity index (χ3n) is 4.31. The van der Waals surface area contributed by atoms with Crippen LogP contribution >= 0.6 is 0 Å². The number of para-hydroxylation sites is 1. The van der Waals surface area contributed by atoms with E-state index in [1.807, 2.05) is 54.6 Å². The Morgan fingerprint density at radius 1 is 0.893 bits per heavy atom. The quantitative estimate of drug-likeness (QED) is 0.596. The Morgan fingerprint density at radius 3 is 2.21 bits per heavy atom. The summed E-state index contributed by atoms with van der Waals surface area (Å²) in [6, 6.07) is 23.5. The van der Waals surface area contributed by atoms with Crippen LogP contribution in [0.3, 0.4) is 0 Å². The smallest absolute Gasteiger partial charge is 0.248 e. The van der Waals surface area contributed by atoms with Crippen LogP contribution in [0, 0.1) is 0 Å². The Labute approximate surface area is 165 Å². The molecule has 3 aromatic rings. The maximum atomic E-state index is 12.4. The number of benzene rings is 3. The van der Waals surface area contributed by atoms with Crippen molar-refractivity contribution in [3.63, 3.8) is 0 Å². The lowest BCUT2D eigenvalue weighted by atomic mass is 10.0. The highest BCUT2D eigenvalue weighted by molar-refractivity contribution is 6.02. The number of ether oxygens (including phenoxy) is 2. The molecule has 3 rings (SSSR count). The van der Waals surface area contributed by atoms with E-state index in [0.717, 1.165) is 23.2 Å². The predicted octanol–water partition coefficient (Wildman–Crippen LogP) is 4.95. The number of amides is 1. The Bertz CT molecular complexity index is 942. The third-order valence-corrected chi connectivity index (χ3v) is 4.31. The molecule has 4 heteroatoms. The van der Waals surface area contributed by atoms with Gasteiger partial charge in [0, 0.05) is 17.8 Å². The first-order chi connectivity index (χ1) is 13.7. The summed E-state index contributed by atoms with van der Waals surface area (Å²) in [7, 11) is 3.19. The lowest BCUT2D eigenvalue weighted by Crippen LogP contribution is -2.10. The topological polar surface area (TPSA) is 47.6 Å². The summed E-state index contributed by atoms with van der Waals surface area (Å²) in [5, 5.41) is 2.97. The van der Waals surface area contributed by atoms with Crippen molar-refractivity contribution in [3.05, 3.63) is 95.6 Å². The number of nitrogens with one attached hydrogen (secondary N) is 1. The van der Waals surface area contributed by atoms with Crippen LogP contribution in [0.1, 0.15) is 16.7 Å². The number of hydrogen-bond acceptors (Lipinski definition) is 3. The highest BCUT2D eigenvalue weighted by Crippen LogP contribution is 2.23. The molecular weight excluding hydrogens is 350 g/mol. The Hall–Kier alpha value is -3.53. The molecule has 0 aliphatic carbocycles. The van der Waals surface area contributed by atoms with Gasteiger partial charge in [0.25, 0.3) is 0 Å². The summed E-state index contributed by atoms with van der Waals surface area (Å²) < 4.78 is 10.5. The van der Waals surface area contributed by atoms with Crippen LogP contribution in [0.2, 0.25) is 0 Å². The van der Waals surface area contributed by atoms with Gasteiger partial charge in [-0.1, -0.05) is 48.5 Å². The van der Waals surface area contributed by atoms with E-state index in [9.17, 15) is 4.79 Å². The standard InChI is InChI=1S/C24H23NO3/c1-27-21-15-19(16-22(17-21)28-2)12-13-24(26)25-23-11-7-6-10-20(23)14-18-8-4-3-5-9-18/h3-13,15-17H,14H2,1-2H3,(H,25,26). The van der Waals surface area contributed by atoms with E-state index in [4.69, 9.17) is 9.47 Å². The van der Waals surface area contributed by atoms with Crippen molar-refractivity contribution < 1.29 is 14.3 Å². The molecular formula is C24H23NO3. The largest absolute Gasteiger partial charge is 0.497 e. The Morgan fingerprint density at radius 2 is 1.54 bits per heavy atom. The number of methoxy groups -OCH3 is 2. The van der Waals surface area contributed by atoms with E-state index in [-0.39, 0.29) is 5.91 Å². The fourth-order valence-corrected chi connectivity index (χ4v) is 2.88. The minimum atomic E-state index is -0.192. The van der Waals surface area contributed by atoms with Crippen molar-refractivity contribution in [2.45, 2.75) is 6.42 Å². The zero-order valence-electron chi connectivity index (χ0n) is 16.0. The van der Waals surface area contributed by atoms with Gasteiger partial charge in [0.15, 0.2) is 0 Å². The van der Waals surface area contributed by atoms with Gasteiger partial charge in [-0.05, 0) is 47.4 Å². The van der Waals surface area contributed by atoms with Gasteiger partial charge in [-0.15, -0.1) is 0 Å². The van der Waals surface area contributed by atoms with Gasteiger partial charge in [0.1, 0.15) is 11.5 Å². The van der Waals surface area contributed by atoms with Crippen LogP contribution in [0.15, 0.2) is 78.9 Å². The van der Waals surface area contributed by atoms with E-state index in [1.54, 1.807) is 26.4 Å². The molecule has 142 valence electrons. The fourth-order valence-electron chi connectivity index (χ4n) is 2.88. The molecule has 0 aliphatic rings. The summed E-state index contributed by atoms with van der Waals surface area (Å²) in [4.78, 5) is 12.4. The molecule has 0 heterocycles. The number of rotatable bonds is 7. The van der Waals surface area contributed by atoms with Crippen molar-refractivity contribution in [2.24, 2.45) is 0 Å². The molecule has 0 spiro atoms. The second-order valence-corrected chi connectivity index (χ2v) is 6.29. The highest BCUT2D eigenvalue weighted by Gasteiger charge is 2.06. The van der Waals surface area contributed by atoms with Crippen LogP contribution in [-0.2, 0) is 11.2 Å². The zero-order chi connectivity index (χ0) is 19.8. The first kappa shape index (κ1) is 19.2. The van der Waals surface area contributed by atoms with Gasteiger partial charge in [0.2, 0.25) is 5.91 Å². The molecule has 0 unspecified atom stereocenters. The van der Waals surface area contributed by atoms with E-state index in [0.29, 0.717) is 11.5 Å². The molecule has 0 aromatic heterocycles. The summed E-state index contributed by atoms with van der Waals surface area (Å²) in [6.45, 7) is 0. The van der Waals surface area contributed by atoms with Crippen molar-refractivity contribution in [1.29, 1.82) is 0 Å². The molecule has 28 heavy (non-hydrogen) atoms. The summed E-state index contributed by atoms with van der Waals surface area (Å²) in [6.07, 6.45) is 4.00. The SMILES string of the molecule is COc1cc(C=CC(=O)Nc2ccccc2Cc2ccccc2)cc(OC)c1. The Kier molecular flexibility index (Phi) is 6.47. The van der Waals surface area contributed by atoms with Gasteiger partial charge >= 0.3 is 0 Å². The van der Waals surface area contributed by atoms with E-state index in [2.05, 4.69) is 17.4 Å².